The van der Waals surface area contributed by atoms with Crippen LogP contribution in [0.3, 0.4) is 0 Å². The number of hydrogen-bond acceptors (Lipinski definition) is 2. The quantitative estimate of drug-likeness (QED) is 0.919. The molecule has 1 N–H and O–H groups in total. The molecule has 2 aromatic carbocycles. The van der Waals surface area contributed by atoms with Crippen molar-refractivity contribution in [3.8, 4) is 0 Å². The smallest absolute Gasteiger partial charge is 0.335 e. The summed E-state index contributed by atoms with van der Waals surface area (Å²) < 4.78 is 12.2. The molecular weight excluding hydrogens is 272 g/mol. The second-order valence-electron chi connectivity index (χ2n) is 4.68. The highest BCUT2D eigenvalue weighted by Gasteiger charge is 2.12. The average molecular weight is 288 g/mol. The molecule has 4 heteroatoms. The van der Waals surface area contributed by atoms with Crippen molar-refractivity contribution >= 4 is 16.8 Å². The van der Waals surface area contributed by atoms with Crippen LogP contribution in [0.5, 0.6) is 0 Å². The molecule has 0 radical (unpaired) electrons. The molecule has 0 saturated heterocycles. The van der Waals surface area contributed by atoms with E-state index in [2.05, 4.69) is 0 Å². The Morgan fingerprint density at radius 1 is 1.10 bits per heavy atom. The van der Waals surface area contributed by atoms with Crippen molar-refractivity contribution in [2.45, 2.75) is 18.4 Å². The number of rotatable bonds is 5. The van der Waals surface area contributed by atoms with Crippen LogP contribution in [-0.4, -0.2) is 15.3 Å². The molecule has 3 nitrogen and oxygen atoms in total. The number of hydrogen-bond donors (Lipinski definition) is 1. The minimum Gasteiger partial charge on any atom is -0.478 e. The Kier molecular flexibility index (Phi) is 4.69. The van der Waals surface area contributed by atoms with Crippen LogP contribution in [0, 0.1) is 6.92 Å². The fourth-order valence-electron chi connectivity index (χ4n) is 2.07. The van der Waals surface area contributed by atoms with E-state index in [4.69, 9.17) is 5.11 Å². The van der Waals surface area contributed by atoms with Crippen LogP contribution >= 0.6 is 0 Å². The molecule has 0 saturated carbocycles. The van der Waals surface area contributed by atoms with Crippen LogP contribution in [0.25, 0.3) is 0 Å². The van der Waals surface area contributed by atoms with Crippen LogP contribution in [0.15, 0.2) is 48.5 Å². The van der Waals surface area contributed by atoms with Gasteiger partial charge in [-0.2, -0.15) is 0 Å². The van der Waals surface area contributed by atoms with Crippen molar-refractivity contribution in [3.63, 3.8) is 0 Å². The minimum absolute atomic E-state index is 0.227. The summed E-state index contributed by atoms with van der Waals surface area (Å²) in [7, 11) is -1.12. The SMILES string of the molecule is Cc1cccc(CS(=O)Cc2ccccc2C(=O)O)c1. The summed E-state index contributed by atoms with van der Waals surface area (Å²) in [6, 6.07) is 14.6. The van der Waals surface area contributed by atoms with Gasteiger partial charge in [-0.3, -0.25) is 4.21 Å². The van der Waals surface area contributed by atoms with Gasteiger partial charge in [0.2, 0.25) is 0 Å². The van der Waals surface area contributed by atoms with Crippen molar-refractivity contribution in [2.75, 3.05) is 0 Å². The van der Waals surface area contributed by atoms with Gasteiger partial charge in [-0.15, -0.1) is 0 Å². The van der Waals surface area contributed by atoms with Gasteiger partial charge in [0, 0.05) is 22.3 Å². The maximum absolute atomic E-state index is 12.2. The van der Waals surface area contributed by atoms with E-state index in [9.17, 15) is 9.00 Å². The summed E-state index contributed by atoms with van der Waals surface area (Å²) >= 11 is 0. The zero-order valence-corrected chi connectivity index (χ0v) is 12.0. The Bertz CT molecular complexity index is 650. The molecule has 2 aromatic rings. The Labute approximate surface area is 120 Å². The van der Waals surface area contributed by atoms with Crippen LogP contribution in [0.2, 0.25) is 0 Å². The maximum Gasteiger partial charge on any atom is 0.335 e. The summed E-state index contributed by atoms with van der Waals surface area (Å²) in [6.45, 7) is 1.99. The Hall–Kier alpha value is -1.94. The standard InChI is InChI=1S/C16H16O3S/c1-12-5-4-6-13(9-12)10-20(19)11-14-7-2-3-8-15(14)16(17)18/h2-9H,10-11H2,1H3,(H,17,18). The zero-order chi connectivity index (χ0) is 14.5. The van der Waals surface area contributed by atoms with Gasteiger partial charge < -0.3 is 5.11 Å². The van der Waals surface area contributed by atoms with Gasteiger partial charge in [-0.05, 0) is 24.1 Å². The summed E-state index contributed by atoms with van der Waals surface area (Å²) in [6.07, 6.45) is 0. The lowest BCUT2D eigenvalue weighted by atomic mass is 10.1. The molecular formula is C16H16O3S. The predicted molar refractivity (Wildman–Crippen MR) is 80.1 cm³/mol. The van der Waals surface area contributed by atoms with Gasteiger partial charge in [0.1, 0.15) is 0 Å². The van der Waals surface area contributed by atoms with Crippen molar-refractivity contribution in [1.82, 2.24) is 0 Å². The number of carboxylic acid groups (broad SMARTS) is 1. The van der Waals surface area contributed by atoms with Crippen LogP contribution in [0.1, 0.15) is 27.0 Å². The van der Waals surface area contributed by atoms with Gasteiger partial charge in [-0.25, -0.2) is 4.79 Å². The third-order valence-corrected chi connectivity index (χ3v) is 4.26. The summed E-state index contributed by atoms with van der Waals surface area (Å²) in [4.78, 5) is 11.1. The molecule has 0 aliphatic rings. The molecule has 0 heterocycles. The van der Waals surface area contributed by atoms with E-state index in [0.29, 0.717) is 11.3 Å². The number of aromatic carboxylic acids is 1. The normalized spacial score (nSPS) is 12.1. The lowest BCUT2D eigenvalue weighted by Gasteiger charge is -2.06. The lowest BCUT2D eigenvalue weighted by Crippen LogP contribution is -2.06. The first-order valence-corrected chi connectivity index (χ1v) is 7.77. The molecule has 0 spiro atoms. The van der Waals surface area contributed by atoms with E-state index in [0.717, 1.165) is 11.1 Å². The van der Waals surface area contributed by atoms with Crippen LogP contribution in [0.4, 0.5) is 0 Å². The molecule has 0 aliphatic carbocycles. The second kappa shape index (κ2) is 6.48. The van der Waals surface area contributed by atoms with Crippen molar-refractivity contribution < 1.29 is 14.1 Å². The molecule has 2 rings (SSSR count). The molecule has 20 heavy (non-hydrogen) atoms. The second-order valence-corrected chi connectivity index (χ2v) is 6.14. The zero-order valence-electron chi connectivity index (χ0n) is 11.2. The van der Waals surface area contributed by atoms with Crippen LogP contribution < -0.4 is 0 Å². The lowest BCUT2D eigenvalue weighted by molar-refractivity contribution is 0.0696. The van der Waals surface area contributed by atoms with Crippen molar-refractivity contribution in [3.05, 3.63) is 70.8 Å². The van der Waals surface area contributed by atoms with E-state index < -0.39 is 16.8 Å². The van der Waals surface area contributed by atoms with E-state index in [1.54, 1.807) is 24.3 Å². The summed E-state index contributed by atoms with van der Waals surface area (Å²) in [5.74, 6) is -0.278. The number of carboxylic acids is 1. The maximum atomic E-state index is 12.2. The fourth-order valence-corrected chi connectivity index (χ4v) is 3.32. The first kappa shape index (κ1) is 14.5. The van der Waals surface area contributed by atoms with Gasteiger partial charge in [0.15, 0.2) is 0 Å². The van der Waals surface area contributed by atoms with Crippen molar-refractivity contribution in [1.29, 1.82) is 0 Å². The molecule has 1 unspecified atom stereocenters. The monoisotopic (exact) mass is 288 g/mol. The highest BCUT2D eigenvalue weighted by atomic mass is 32.2. The molecule has 0 aromatic heterocycles. The number of benzene rings is 2. The third-order valence-electron chi connectivity index (χ3n) is 2.97. The van der Waals surface area contributed by atoms with E-state index in [1.807, 2.05) is 31.2 Å². The molecule has 1 atom stereocenters. The molecule has 0 fully saturated rings. The summed E-state index contributed by atoms with van der Waals surface area (Å²) in [5, 5.41) is 9.11. The van der Waals surface area contributed by atoms with E-state index in [1.165, 1.54) is 0 Å². The Morgan fingerprint density at radius 2 is 1.85 bits per heavy atom. The first-order valence-electron chi connectivity index (χ1n) is 6.28. The summed E-state index contributed by atoms with van der Waals surface area (Å²) in [5.41, 5.74) is 2.98. The van der Waals surface area contributed by atoms with E-state index >= 15 is 0 Å². The van der Waals surface area contributed by atoms with Gasteiger partial charge >= 0.3 is 5.97 Å². The molecule has 0 aliphatic heterocycles. The van der Waals surface area contributed by atoms with Crippen molar-refractivity contribution in [2.24, 2.45) is 0 Å². The Morgan fingerprint density at radius 3 is 2.55 bits per heavy atom. The predicted octanol–water partition coefficient (Wildman–Crippen LogP) is 3.14. The highest BCUT2D eigenvalue weighted by molar-refractivity contribution is 7.83. The minimum atomic E-state index is -1.12. The van der Waals surface area contributed by atoms with Gasteiger partial charge in [0.25, 0.3) is 0 Å². The largest absolute Gasteiger partial charge is 0.478 e. The number of carbonyl (C=O) groups is 1. The highest BCUT2D eigenvalue weighted by Crippen LogP contribution is 2.14. The van der Waals surface area contributed by atoms with E-state index in [-0.39, 0.29) is 11.3 Å². The number of aryl methyl sites for hydroxylation is 1. The Balaban J connectivity index is 2.11. The van der Waals surface area contributed by atoms with Crippen LogP contribution in [-0.2, 0) is 22.3 Å². The molecule has 0 amide bonds. The molecule has 0 bridgehead atoms. The molecule has 104 valence electrons. The fraction of sp³-hybridized carbons (Fsp3) is 0.188. The van der Waals surface area contributed by atoms with Gasteiger partial charge in [-0.1, -0.05) is 48.0 Å². The van der Waals surface area contributed by atoms with Gasteiger partial charge in [0.05, 0.1) is 5.56 Å². The first-order chi connectivity index (χ1) is 9.56. The topological polar surface area (TPSA) is 54.4 Å². The third kappa shape index (κ3) is 3.78. The average Bonchev–Trinajstić information content (AvgIpc) is 2.38.